The molecular weight excluding hydrogens is 306 g/mol. The number of likely N-dealkylation sites (tertiary alicyclic amines) is 1. The Morgan fingerprint density at radius 3 is 3.04 bits per heavy atom. The van der Waals surface area contributed by atoms with Gasteiger partial charge in [0, 0.05) is 36.4 Å². The summed E-state index contributed by atoms with van der Waals surface area (Å²) in [5.74, 6) is 1.65. The van der Waals surface area contributed by atoms with Crippen molar-refractivity contribution in [2.24, 2.45) is 0 Å². The van der Waals surface area contributed by atoms with Gasteiger partial charge >= 0.3 is 0 Å². The van der Waals surface area contributed by atoms with Crippen LogP contribution in [0.3, 0.4) is 0 Å². The first-order valence-corrected chi connectivity index (χ1v) is 8.66. The molecule has 0 spiro atoms. The number of Topliss-reactive ketones (excluding diaryl/α,β-unsaturated/α-hetero) is 1. The van der Waals surface area contributed by atoms with Gasteiger partial charge in [0.25, 0.3) is 0 Å². The maximum absolute atomic E-state index is 12.3. The van der Waals surface area contributed by atoms with E-state index in [0.29, 0.717) is 37.9 Å². The lowest BCUT2D eigenvalue weighted by Gasteiger charge is -2.63. The van der Waals surface area contributed by atoms with E-state index < -0.39 is 11.0 Å². The lowest BCUT2D eigenvalue weighted by molar-refractivity contribution is -0.170. The number of fused-ring (bicyclic) bond motifs is 3. The number of aromatic hydroxyl groups is 1. The Bertz CT molecular complexity index is 788. The molecular formula is C19H21NO4. The summed E-state index contributed by atoms with van der Waals surface area (Å²) >= 11 is 0. The number of aliphatic hydroxyl groups is 1. The van der Waals surface area contributed by atoms with Gasteiger partial charge in [0.15, 0.2) is 11.5 Å². The second-order valence-corrected chi connectivity index (χ2v) is 7.66. The third kappa shape index (κ3) is 1.55. The lowest BCUT2D eigenvalue weighted by atomic mass is 9.49. The Labute approximate surface area is 140 Å². The van der Waals surface area contributed by atoms with Crippen molar-refractivity contribution in [3.63, 3.8) is 0 Å². The third-order valence-electron chi connectivity index (χ3n) is 6.69. The quantitative estimate of drug-likeness (QED) is 0.652. The summed E-state index contributed by atoms with van der Waals surface area (Å²) in [6, 6.07) is 1.70. The van der Waals surface area contributed by atoms with Crippen LogP contribution in [0.25, 0.3) is 0 Å². The van der Waals surface area contributed by atoms with Crippen molar-refractivity contribution in [1.82, 2.24) is 4.90 Å². The minimum atomic E-state index is -0.940. The molecule has 0 amide bonds. The van der Waals surface area contributed by atoms with Crippen molar-refractivity contribution in [3.8, 4) is 17.2 Å². The van der Waals surface area contributed by atoms with Crippen LogP contribution in [0.5, 0.6) is 17.2 Å². The van der Waals surface area contributed by atoms with Crippen molar-refractivity contribution in [1.29, 1.82) is 0 Å². The number of ketones is 1. The zero-order valence-corrected chi connectivity index (χ0v) is 13.5. The largest absolute Gasteiger partial charge is 0.504 e. The number of hydrogen-bond acceptors (Lipinski definition) is 5. The van der Waals surface area contributed by atoms with E-state index in [0.717, 1.165) is 30.0 Å². The van der Waals surface area contributed by atoms with E-state index in [9.17, 15) is 15.0 Å². The van der Waals surface area contributed by atoms with Crippen molar-refractivity contribution >= 4 is 5.78 Å². The van der Waals surface area contributed by atoms with E-state index in [1.165, 1.54) is 0 Å². The number of hydrogen-bond donors (Lipinski definition) is 2. The molecule has 0 aromatic heterocycles. The summed E-state index contributed by atoms with van der Waals surface area (Å²) in [6.45, 7) is 5.40. The fourth-order valence-corrected chi connectivity index (χ4v) is 5.55. The topological polar surface area (TPSA) is 73.3 Å². The smallest absolute Gasteiger partial charge is 0.211 e. The second kappa shape index (κ2) is 4.41. The first kappa shape index (κ1) is 14.5. The summed E-state index contributed by atoms with van der Waals surface area (Å²) in [6.07, 6.45) is 4.55. The van der Waals surface area contributed by atoms with E-state index in [4.69, 9.17) is 4.74 Å². The molecule has 2 aliphatic carbocycles. The molecule has 4 aliphatic rings. The normalized spacial score (nSPS) is 36.2. The molecule has 2 fully saturated rings. The van der Waals surface area contributed by atoms with Gasteiger partial charge < -0.3 is 14.9 Å². The minimum absolute atomic E-state index is 0.0392. The highest BCUT2D eigenvalue weighted by molar-refractivity contribution is 5.83. The predicted molar refractivity (Wildman–Crippen MR) is 87.5 cm³/mol. The Balaban J connectivity index is 1.74. The molecule has 2 heterocycles. The van der Waals surface area contributed by atoms with Gasteiger partial charge in [0.05, 0.1) is 5.60 Å². The van der Waals surface area contributed by atoms with Crippen molar-refractivity contribution in [3.05, 3.63) is 29.8 Å². The second-order valence-electron chi connectivity index (χ2n) is 7.66. The number of ether oxygens (including phenoxy) is 1. The van der Waals surface area contributed by atoms with Crippen LogP contribution in [0.1, 0.15) is 36.8 Å². The van der Waals surface area contributed by atoms with E-state index in [1.54, 1.807) is 6.07 Å². The highest BCUT2D eigenvalue weighted by atomic mass is 16.6. The first-order valence-electron chi connectivity index (χ1n) is 8.66. The zero-order chi connectivity index (χ0) is 16.7. The standard InChI is InChI=1S/C19H21NO4/c1-2-6-20-7-5-18-10-11(21)3-4-19(18,23)15(20)8-12-13(18)9-14(22)17-16(12)24-17/h2,9,15,22-23H,1,3-8,10H2/t15-,18-,19-/m1/s1. The van der Waals surface area contributed by atoms with Crippen molar-refractivity contribution in [2.75, 3.05) is 13.1 Å². The summed E-state index contributed by atoms with van der Waals surface area (Å²) < 4.78 is 5.51. The van der Waals surface area contributed by atoms with E-state index in [2.05, 4.69) is 11.5 Å². The first-order chi connectivity index (χ1) is 11.5. The van der Waals surface area contributed by atoms with Crippen molar-refractivity contribution < 1.29 is 19.7 Å². The van der Waals surface area contributed by atoms with Gasteiger partial charge in [-0.05, 0) is 37.4 Å². The monoisotopic (exact) mass is 327 g/mol. The summed E-state index contributed by atoms with van der Waals surface area (Å²) in [5, 5.41) is 22.0. The molecule has 24 heavy (non-hydrogen) atoms. The number of phenolic OH excluding ortho intramolecular Hbond substituents is 1. The number of carbonyl (C=O) groups excluding carboxylic acids is 1. The summed E-state index contributed by atoms with van der Waals surface area (Å²) in [7, 11) is 0. The maximum Gasteiger partial charge on any atom is 0.211 e. The van der Waals surface area contributed by atoms with Gasteiger partial charge in [0.2, 0.25) is 5.75 Å². The number of carbonyl (C=O) groups is 1. The molecule has 0 radical (unpaired) electrons. The van der Waals surface area contributed by atoms with Gasteiger partial charge in [0.1, 0.15) is 5.78 Å². The molecule has 5 rings (SSSR count). The minimum Gasteiger partial charge on any atom is -0.504 e. The highest BCUT2D eigenvalue weighted by Gasteiger charge is 2.65. The van der Waals surface area contributed by atoms with E-state index in [-0.39, 0.29) is 17.6 Å². The molecule has 126 valence electrons. The number of rotatable bonds is 2. The Morgan fingerprint density at radius 1 is 1.42 bits per heavy atom. The van der Waals surface area contributed by atoms with Crippen LogP contribution in [0, 0.1) is 0 Å². The third-order valence-corrected chi connectivity index (χ3v) is 6.69. The zero-order valence-electron chi connectivity index (χ0n) is 13.5. The van der Waals surface area contributed by atoms with Crippen LogP contribution < -0.4 is 4.74 Å². The Kier molecular flexibility index (Phi) is 2.66. The molecule has 2 N–H and O–H groups in total. The van der Waals surface area contributed by atoms with Crippen LogP contribution in [0.4, 0.5) is 0 Å². The van der Waals surface area contributed by atoms with E-state index in [1.807, 2.05) is 6.08 Å². The Morgan fingerprint density at radius 2 is 2.25 bits per heavy atom. The summed E-state index contributed by atoms with van der Waals surface area (Å²) in [4.78, 5) is 14.6. The molecule has 5 nitrogen and oxygen atoms in total. The number of phenols is 1. The van der Waals surface area contributed by atoms with Gasteiger partial charge in [-0.15, -0.1) is 6.58 Å². The number of nitrogens with zero attached hydrogens (tertiary/aromatic N) is 1. The average Bonchev–Trinajstić information content (AvgIpc) is 3.33. The van der Waals surface area contributed by atoms with Gasteiger partial charge in [-0.25, -0.2) is 0 Å². The molecule has 1 aromatic carbocycles. The molecule has 3 atom stereocenters. The number of piperidine rings is 1. The lowest BCUT2D eigenvalue weighted by Crippen LogP contribution is -2.73. The fraction of sp³-hybridized carbons (Fsp3) is 0.526. The molecule has 1 aromatic rings. The van der Waals surface area contributed by atoms with Gasteiger partial charge in [-0.1, -0.05) is 6.08 Å². The molecule has 1 saturated heterocycles. The maximum atomic E-state index is 12.3. The highest BCUT2D eigenvalue weighted by Crippen LogP contribution is 2.64. The van der Waals surface area contributed by atoms with Crippen LogP contribution in [-0.2, 0) is 16.6 Å². The predicted octanol–water partition coefficient (Wildman–Crippen LogP) is 2.04. The molecule has 1 saturated carbocycles. The summed E-state index contributed by atoms with van der Waals surface area (Å²) in [5.41, 5.74) is 0.462. The number of benzene rings is 1. The Hall–Kier alpha value is -1.85. The van der Waals surface area contributed by atoms with E-state index >= 15 is 0 Å². The fourth-order valence-electron chi connectivity index (χ4n) is 5.55. The van der Waals surface area contributed by atoms with Crippen molar-refractivity contribution in [2.45, 2.75) is 49.2 Å². The molecule has 0 unspecified atom stereocenters. The van der Waals surface area contributed by atoms with Crippen LogP contribution in [0.15, 0.2) is 18.7 Å². The SMILES string of the molecule is C=CCN1CC[C@]23CC(=O)CC[C@@]2(O)[C@H]1Cc1c3cc(O)c2c1O2. The van der Waals surface area contributed by atoms with Gasteiger partial charge in [-0.2, -0.15) is 0 Å². The average molecular weight is 327 g/mol. The van der Waals surface area contributed by atoms with Gasteiger partial charge in [-0.3, -0.25) is 9.69 Å². The molecule has 2 aliphatic heterocycles. The van der Waals surface area contributed by atoms with Crippen LogP contribution in [0.2, 0.25) is 0 Å². The van der Waals surface area contributed by atoms with Crippen LogP contribution in [-0.4, -0.2) is 45.6 Å². The molecule has 5 heteroatoms. The molecule has 2 bridgehead atoms. The van der Waals surface area contributed by atoms with Crippen LogP contribution >= 0.6 is 0 Å².